The monoisotopic (exact) mass is 276 g/mol. The second kappa shape index (κ2) is 6.98. The average Bonchev–Trinajstić information content (AvgIpc) is 2.73. The van der Waals surface area contributed by atoms with Gasteiger partial charge in [-0.15, -0.1) is 0 Å². The number of anilines is 1. The highest BCUT2D eigenvalue weighted by atomic mass is 16.5. The first-order valence-corrected chi connectivity index (χ1v) is 7.75. The molecule has 1 aromatic carbocycles. The summed E-state index contributed by atoms with van der Waals surface area (Å²) in [5, 5.41) is 0. The summed E-state index contributed by atoms with van der Waals surface area (Å²) in [5.74, 6) is 0.941. The quantitative estimate of drug-likeness (QED) is 0.837. The molecule has 20 heavy (non-hydrogen) atoms. The number of hydrogen-bond acceptors (Lipinski definition) is 3. The molecule has 0 heterocycles. The lowest BCUT2D eigenvalue weighted by molar-refractivity contribution is 0.261. The van der Waals surface area contributed by atoms with E-state index in [1.807, 2.05) is 12.1 Å². The molecule has 0 aromatic heterocycles. The Kier molecular flexibility index (Phi) is 5.30. The van der Waals surface area contributed by atoms with Crippen molar-refractivity contribution in [3.63, 3.8) is 0 Å². The zero-order chi connectivity index (χ0) is 14.4. The van der Waals surface area contributed by atoms with Crippen molar-refractivity contribution >= 4 is 5.69 Å². The van der Waals surface area contributed by atoms with Crippen molar-refractivity contribution in [2.75, 3.05) is 32.1 Å². The molecule has 1 aliphatic carbocycles. The molecule has 1 saturated carbocycles. The Labute approximate surface area is 123 Å². The molecule has 2 rings (SSSR count). The first kappa shape index (κ1) is 15.2. The van der Waals surface area contributed by atoms with Crippen LogP contribution in [0.2, 0.25) is 0 Å². The summed E-state index contributed by atoms with van der Waals surface area (Å²) in [6.45, 7) is 1.80. The Balaban J connectivity index is 2.13. The van der Waals surface area contributed by atoms with Crippen LogP contribution in [0.1, 0.15) is 38.5 Å². The number of methoxy groups -OCH3 is 1. The zero-order valence-electron chi connectivity index (χ0n) is 12.9. The number of nitrogens with two attached hydrogens (primary N) is 1. The normalized spacial score (nSPS) is 18.4. The van der Waals surface area contributed by atoms with Crippen molar-refractivity contribution in [2.24, 2.45) is 11.1 Å². The standard InChI is InChI=1S/C17H28N2O/c1-19(15-9-5-6-10-16(15)20-2)14-17(13-18)11-7-3-4-8-12-17/h5-6,9-10H,3-4,7-8,11-14,18H2,1-2H3. The fraction of sp³-hybridized carbons (Fsp3) is 0.647. The molecule has 0 unspecified atom stereocenters. The molecule has 3 heteroatoms. The summed E-state index contributed by atoms with van der Waals surface area (Å²) in [6.07, 6.45) is 7.86. The van der Waals surface area contributed by atoms with Crippen LogP contribution >= 0.6 is 0 Å². The van der Waals surface area contributed by atoms with Crippen molar-refractivity contribution in [3.8, 4) is 5.75 Å². The van der Waals surface area contributed by atoms with Crippen LogP contribution in [0.15, 0.2) is 24.3 Å². The Morgan fingerprint density at radius 2 is 1.80 bits per heavy atom. The molecule has 1 aliphatic rings. The number of nitrogens with zero attached hydrogens (tertiary/aromatic N) is 1. The lowest BCUT2D eigenvalue weighted by Gasteiger charge is -2.37. The van der Waals surface area contributed by atoms with E-state index in [9.17, 15) is 0 Å². The highest BCUT2D eigenvalue weighted by molar-refractivity contribution is 5.58. The van der Waals surface area contributed by atoms with E-state index in [1.165, 1.54) is 38.5 Å². The fourth-order valence-corrected chi connectivity index (χ4v) is 3.44. The number of ether oxygens (including phenoxy) is 1. The van der Waals surface area contributed by atoms with E-state index in [2.05, 4.69) is 24.1 Å². The minimum absolute atomic E-state index is 0.270. The van der Waals surface area contributed by atoms with Crippen LogP contribution in [0, 0.1) is 5.41 Å². The van der Waals surface area contributed by atoms with Gasteiger partial charge in [0.15, 0.2) is 0 Å². The molecule has 0 saturated heterocycles. The first-order valence-electron chi connectivity index (χ1n) is 7.75. The predicted octanol–water partition coefficient (Wildman–Crippen LogP) is 3.43. The van der Waals surface area contributed by atoms with Gasteiger partial charge in [-0.05, 0) is 31.5 Å². The molecule has 0 amide bonds. The Morgan fingerprint density at radius 3 is 2.40 bits per heavy atom. The van der Waals surface area contributed by atoms with Crippen LogP contribution in [-0.4, -0.2) is 27.2 Å². The Hall–Kier alpha value is -1.22. The minimum atomic E-state index is 0.270. The van der Waals surface area contributed by atoms with Crippen LogP contribution in [0.5, 0.6) is 5.75 Å². The van der Waals surface area contributed by atoms with E-state index >= 15 is 0 Å². The molecule has 0 bridgehead atoms. The van der Waals surface area contributed by atoms with Gasteiger partial charge in [0.1, 0.15) is 5.75 Å². The van der Waals surface area contributed by atoms with Crippen LogP contribution in [0.3, 0.4) is 0 Å². The molecule has 2 N–H and O–H groups in total. The molecular weight excluding hydrogens is 248 g/mol. The van der Waals surface area contributed by atoms with E-state index in [-0.39, 0.29) is 5.41 Å². The van der Waals surface area contributed by atoms with Crippen molar-refractivity contribution in [3.05, 3.63) is 24.3 Å². The van der Waals surface area contributed by atoms with Gasteiger partial charge in [0, 0.05) is 19.0 Å². The van der Waals surface area contributed by atoms with Crippen molar-refractivity contribution in [1.29, 1.82) is 0 Å². The van der Waals surface area contributed by atoms with Crippen LogP contribution in [0.25, 0.3) is 0 Å². The summed E-state index contributed by atoms with van der Waals surface area (Å²) in [4.78, 5) is 2.32. The van der Waals surface area contributed by atoms with Gasteiger partial charge in [-0.2, -0.15) is 0 Å². The number of rotatable bonds is 5. The second-order valence-electron chi connectivity index (χ2n) is 6.15. The maximum Gasteiger partial charge on any atom is 0.142 e. The molecular formula is C17H28N2O. The maximum absolute atomic E-state index is 6.15. The molecule has 0 atom stereocenters. The smallest absolute Gasteiger partial charge is 0.142 e. The van der Waals surface area contributed by atoms with Gasteiger partial charge in [0.2, 0.25) is 0 Å². The molecule has 3 nitrogen and oxygen atoms in total. The third-order valence-electron chi connectivity index (χ3n) is 4.67. The highest BCUT2D eigenvalue weighted by Gasteiger charge is 2.31. The van der Waals surface area contributed by atoms with Crippen LogP contribution in [0.4, 0.5) is 5.69 Å². The molecule has 112 valence electrons. The van der Waals surface area contributed by atoms with E-state index in [1.54, 1.807) is 7.11 Å². The predicted molar refractivity (Wildman–Crippen MR) is 85.5 cm³/mol. The van der Waals surface area contributed by atoms with Crippen LogP contribution in [-0.2, 0) is 0 Å². The first-order chi connectivity index (χ1) is 9.71. The summed E-state index contributed by atoms with van der Waals surface area (Å²) in [5.41, 5.74) is 7.58. The van der Waals surface area contributed by atoms with Gasteiger partial charge < -0.3 is 15.4 Å². The fourth-order valence-electron chi connectivity index (χ4n) is 3.44. The Bertz CT molecular complexity index is 411. The molecule has 0 radical (unpaired) electrons. The minimum Gasteiger partial charge on any atom is -0.495 e. The summed E-state index contributed by atoms with van der Waals surface area (Å²) >= 11 is 0. The number of para-hydroxylation sites is 2. The Morgan fingerprint density at radius 1 is 1.15 bits per heavy atom. The average molecular weight is 276 g/mol. The number of hydrogen-bond donors (Lipinski definition) is 1. The van der Waals surface area contributed by atoms with Gasteiger partial charge in [0.05, 0.1) is 12.8 Å². The van der Waals surface area contributed by atoms with Crippen molar-refractivity contribution in [1.82, 2.24) is 0 Å². The lowest BCUT2D eigenvalue weighted by Crippen LogP contribution is -2.41. The highest BCUT2D eigenvalue weighted by Crippen LogP contribution is 2.37. The van der Waals surface area contributed by atoms with E-state index < -0.39 is 0 Å². The topological polar surface area (TPSA) is 38.5 Å². The molecule has 0 spiro atoms. The van der Waals surface area contributed by atoms with E-state index in [0.29, 0.717) is 0 Å². The van der Waals surface area contributed by atoms with E-state index in [0.717, 1.165) is 24.5 Å². The summed E-state index contributed by atoms with van der Waals surface area (Å²) in [6, 6.07) is 8.23. The molecule has 1 fully saturated rings. The molecule has 1 aromatic rings. The summed E-state index contributed by atoms with van der Waals surface area (Å²) < 4.78 is 5.47. The lowest BCUT2D eigenvalue weighted by atomic mass is 9.80. The largest absolute Gasteiger partial charge is 0.495 e. The second-order valence-corrected chi connectivity index (χ2v) is 6.15. The van der Waals surface area contributed by atoms with Crippen molar-refractivity contribution in [2.45, 2.75) is 38.5 Å². The maximum atomic E-state index is 6.15. The van der Waals surface area contributed by atoms with Crippen LogP contribution < -0.4 is 15.4 Å². The third kappa shape index (κ3) is 3.45. The zero-order valence-corrected chi connectivity index (χ0v) is 12.9. The van der Waals surface area contributed by atoms with Crippen molar-refractivity contribution < 1.29 is 4.74 Å². The summed E-state index contributed by atoms with van der Waals surface area (Å²) in [7, 11) is 3.89. The van der Waals surface area contributed by atoms with E-state index in [4.69, 9.17) is 10.5 Å². The van der Waals surface area contributed by atoms with Gasteiger partial charge >= 0.3 is 0 Å². The van der Waals surface area contributed by atoms with Gasteiger partial charge in [-0.1, -0.05) is 37.8 Å². The van der Waals surface area contributed by atoms with Gasteiger partial charge in [-0.25, -0.2) is 0 Å². The van der Waals surface area contributed by atoms with Gasteiger partial charge in [-0.3, -0.25) is 0 Å². The number of benzene rings is 1. The van der Waals surface area contributed by atoms with Gasteiger partial charge in [0.25, 0.3) is 0 Å². The SMILES string of the molecule is COc1ccccc1N(C)CC1(CN)CCCCCC1. The molecule has 0 aliphatic heterocycles. The third-order valence-corrected chi connectivity index (χ3v) is 4.67.